The lowest BCUT2D eigenvalue weighted by atomic mass is 10.0. The van der Waals surface area contributed by atoms with Crippen molar-refractivity contribution in [3.05, 3.63) is 72.9 Å². The Hall–Kier alpha value is -3.15. The van der Waals surface area contributed by atoms with Crippen molar-refractivity contribution in [3.8, 4) is 0 Å². The zero-order valence-electron chi connectivity index (χ0n) is 39.2. The second-order valence-corrected chi connectivity index (χ2v) is 16.3. The van der Waals surface area contributed by atoms with Crippen LogP contribution in [-0.4, -0.2) is 37.2 Å². The molecule has 6 heteroatoms. The molecule has 0 rings (SSSR count). The minimum Gasteiger partial charge on any atom is -0.462 e. The topological polar surface area (TPSA) is 78.9 Å². The molecule has 60 heavy (non-hydrogen) atoms. The van der Waals surface area contributed by atoms with Crippen molar-refractivity contribution in [1.29, 1.82) is 0 Å². The van der Waals surface area contributed by atoms with Crippen molar-refractivity contribution in [2.45, 2.75) is 239 Å². The molecule has 0 bridgehead atoms. The number of unbranched alkanes of at least 4 members (excludes halogenated alkanes) is 21. The van der Waals surface area contributed by atoms with Crippen LogP contribution in [-0.2, 0) is 28.6 Å². The Bertz CT molecular complexity index is 1140. The van der Waals surface area contributed by atoms with Crippen LogP contribution < -0.4 is 0 Å². The van der Waals surface area contributed by atoms with Gasteiger partial charge in [-0.1, -0.05) is 196 Å². The van der Waals surface area contributed by atoms with E-state index in [1.165, 1.54) is 83.5 Å². The highest BCUT2D eigenvalue weighted by molar-refractivity contribution is 5.71. The van der Waals surface area contributed by atoms with Gasteiger partial charge in [-0.15, -0.1) is 0 Å². The minimum atomic E-state index is -0.799. The number of esters is 3. The van der Waals surface area contributed by atoms with E-state index in [1.54, 1.807) is 0 Å². The predicted molar refractivity (Wildman–Crippen MR) is 256 cm³/mol. The first kappa shape index (κ1) is 56.9. The second-order valence-electron chi connectivity index (χ2n) is 16.3. The number of rotatable bonds is 44. The first-order valence-corrected chi connectivity index (χ1v) is 24.9. The highest BCUT2D eigenvalue weighted by Gasteiger charge is 2.19. The quantitative estimate of drug-likeness (QED) is 0.0263. The van der Waals surface area contributed by atoms with E-state index in [9.17, 15) is 14.4 Å². The van der Waals surface area contributed by atoms with E-state index in [0.717, 1.165) is 103 Å². The van der Waals surface area contributed by atoms with Gasteiger partial charge >= 0.3 is 17.9 Å². The highest BCUT2D eigenvalue weighted by atomic mass is 16.6. The summed E-state index contributed by atoms with van der Waals surface area (Å²) < 4.78 is 16.7. The molecule has 0 unspecified atom stereocenters. The summed E-state index contributed by atoms with van der Waals surface area (Å²) in [7, 11) is 0. The Morgan fingerprint density at radius 1 is 0.350 bits per heavy atom. The van der Waals surface area contributed by atoms with E-state index in [2.05, 4.69) is 93.7 Å². The van der Waals surface area contributed by atoms with Crippen molar-refractivity contribution in [1.82, 2.24) is 0 Å². The average molecular weight is 837 g/mol. The Balaban J connectivity index is 4.47. The summed E-state index contributed by atoms with van der Waals surface area (Å²) in [6.45, 7) is 6.44. The molecule has 0 amide bonds. The van der Waals surface area contributed by atoms with Gasteiger partial charge < -0.3 is 14.2 Å². The van der Waals surface area contributed by atoms with Gasteiger partial charge in [-0.2, -0.15) is 0 Å². The van der Waals surface area contributed by atoms with Crippen molar-refractivity contribution < 1.29 is 28.6 Å². The SMILES string of the molecule is CC/C=C\C/C=C\C/C=C\CCCCCCCC(=O)OC[C@@H](COC(=O)CCCCCCCCCCCCCC)OC(=O)CCCC/C=C\C/C=C\C/C=C\CCCCC. The lowest BCUT2D eigenvalue weighted by molar-refractivity contribution is -0.167. The summed E-state index contributed by atoms with van der Waals surface area (Å²) >= 11 is 0. The molecule has 0 fully saturated rings. The molecule has 0 aliphatic rings. The van der Waals surface area contributed by atoms with Gasteiger partial charge in [0.25, 0.3) is 0 Å². The van der Waals surface area contributed by atoms with Gasteiger partial charge in [0.15, 0.2) is 6.10 Å². The Kier molecular flexibility index (Phi) is 46.0. The summed E-state index contributed by atoms with van der Waals surface area (Å²) in [6.07, 6.45) is 60.2. The molecule has 0 radical (unpaired) electrons. The molecule has 0 spiro atoms. The van der Waals surface area contributed by atoms with Crippen LogP contribution in [0.3, 0.4) is 0 Å². The number of carbonyl (C=O) groups is 3. The largest absolute Gasteiger partial charge is 0.462 e. The van der Waals surface area contributed by atoms with Crippen LogP contribution in [0.25, 0.3) is 0 Å². The van der Waals surface area contributed by atoms with E-state index in [1.807, 2.05) is 0 Å². The van der Waals surface area contributed by atoms with E-state index in [0.29, 0.717) is 19.3 Å². The third-order valence-corrected chi connectivity index (χ3v) is 10.4. The van der Waals surface area contributed by atoms with Crippen LogP contribution in [0.1, 0.15) is 233 Å². The minimum absolute atomic E-state index is 0.0952. The standard InChI is InChI=1S/C54H92O6/c1-4-7-10-13-16-19-22-25-27-29-32-35-38-41-44-47-53(56)59-50-51(49-58-52(55)46-43-40-37-34-31-24-21-18-15-12-9-6-3)60-54(57)48-45-42-39-36-33-30-28-26-23-20-17-14-11-8-5-2/h7,10,16-17,19-20,25-28,33,36,51H,4-6,8-9,11-15,18,21-24,29-32,34-35,37-50H2,1-3H3/b10-7-,19-16-,20-17-,27-25-,28-26-,36-33-/t51-/m1/s1. The van der Waals surface area contributed by atoms with Gasteiger partial charge in [-0.3, -0.25) is 14.4 Å². The molecule has 0 saturated heterocycles. The number of carbonyl (C=O) groups excluding carboxylic acids is 3. The van der Waals surface area contributed by atoms with Gasteiger partial charge in [0.2, 0.25) is 0 Å². The number of hydrogen-bond acceptors (Lipinski definition) is 6. The van der Waals surface area contributed by atoms with Crippen LogP contribution in [0.4, 0.5) is 0 Å². The van der Waals surface area contributed by atoms with Crippen molar-refractivity contribution in [2.75, 3.05) is 13.2 Å². The van der Waals surface area contributed by atoms with Crippen molar-refractivity contribution in [2.24, 2.45) is 0 Å². The van der Waals surface area contributed by atoms with Gasteiger partial charge in [0, 0.05) is 19.3 Å². The van der Waals surface area contributed by atoms with E-state index in [-0.39, 0.29) is 37.5 Å². The maximum Gasteiger partial charge on any atom is 0.306 e. The van der Waals surface area contributed by atoms with Crippen LogP contribution in [0.2, 0.25) is 0 Å². The summed E-state index contributed by atoms with van der Waals surface area (Å²) in [5, 5.41) is 0. The molecule has 344 valence electrons. The van der Waals surface area contributed by atoms with Gasteiger partial charge in [0.1, 0.15) is 13.2 Å². The fourth-order valence-corrected chi connectivity index (χ4v) is 6.70. The molecule has 1 atom stereocenters. The summed E-state index contributed by atoms with van der Waals surface area (Å²) in [4.78, 5) is 37.9. The Labute approximate surface area is 370 Å². The molecule has 0 saturated carbocycles. The van der Waals surface area contributed by atoms with Crippen LogP contribution in [0.5, 0.6) is 0 Å². The smallest absolute Gasteiger partial charge is 0.306 e. The summed E-state index contributed by atoms with van der Waals surface area (Å²) in [5.41, 5.74) is 0. The number of ether oxygens (including phenoxy) is 3. The number of allylic oxidation sites excluding steroid dienone is 12. The van der Waals surface area contributed by atoms with Gasteiger partial charge in [-0.05, 0) is 89.9 Å². The van der Waals surface area contributed by atoms with Crippen LogP contribution in [0.15, 0.2) is 72.9 Å². The summed E-state index contributed by atoms with van der Waals surface area (Å²) in [5.74, 6) is -0.952. The van der Waals surface area contributed by atoms with Crippen LogP contribution in [0, 0.1) is 0 Å². The molecule has 0 N–H and O–H groups in total. The van der Waals surface area contributed by atoms with E-state index < -0.39 is 6.10 Å². The van der Waals surface area contributed by atoms with Gasteiger partial charge in [0.05, 0.1) is 0 Å². The molecule has 0 aromatic heterocycles. The normalized spacial score (nSPS) is 12.7. The van der Waals surface area contributed by atoms with E-state index in [4.69, 9.17) is 14.2 Å². The zero-order chi connectivity index (χ0) is 43.7. The Morgan fingerprint density at radius 3 is 1.08 bits per heavy atom. The number of hydrogen-bond donors (Lipinski definition) is 0. The highest BCUT2D eigenvalue weighted by Crippen LogP contribution is 2.14. The molecular formula is C54H92O6. The Morgan fingerprint density at radius 2 is 0.650 bits per heavy atom. The molecule has 0 aromatic carbocycles. The fraction of sp³-hybridized carbons (Fsp3) is 0.722. The van der Waals surface area contributed by atoms with Crippen molar-refractivity contribution in [3.63, 3.8) is 0 Å². The van der Waals surface area contributed by atoms with E-state index >= 15 is 0 Å². The first-order chi connectivity index (χ1) is 29.5. The lowest BCUT2D eigenvalue weighted by Gasteiger charge is -2.18. The van der Waals surface area contributed by atoms with Gasteiger partial charge in [-0.25, -0.2) is 0 Å². The second kappa shape index (κ2) is 48.5. The first-order valence-electron chi connectivity index (χ1n) is 24.9. The molecule has 0 aliphatic heterocycles. The third-order valence-electron chi connectivity index (χ3n) is 10.4. The lowest BCUT2D eigenvalue weighted by Crippen LogP contribution is -2.30. The molecular weight excluding hydrogens is 745 g/mol. The molecule has 0 heterocycles. The molecule has 0 aromatic rings. The maximum absolute atomic E-state index is 12.8. The predicted octanol–water partition coefficient (Wildman–Crippen LogP) is 16.3. The molecule has 6 nitrogen and oxygen atoms in total. The monoisotopic (exact) mass is 837 g/mol. The van der Waals surface area contributed by atoms with Crippen LogP contribution >= 0.6 is 0 Å². The average Bonchev–Trinajstić information content (AvgIpc) is 3.24. The fourth-order valence-electron chi connectivity index (χ4n) is 6.70. The molecule has 0 aliphatic carbocycles. The van der Waals surface area contributed by atoms with Crippen molar-refractivity contribution >= 4 is 17.9 Å². The zero-order valence-corrected chi connectivity index (χ0v) is 39.2. The maximum atomic E-state index is 12.8. The summed E-state index contributed by atoms with van der Waals surface area (Å²) in [6, 6.07) is 0. The third kappa shape index (κ3) is 45.9.